The maximum Gasteiger partial charge on any atom is 0.308 e. The highest BCUT2D eigenvalue weighted by Gasteiger charge is 2.29. The van der Waals surface area contributed by atoms with Gasteiger partial charge in [0.2, 0.25) is 0 Å². The van der Waals surface area contributed by atoms with E-state index in [0.717, 1.165) is 12.5 Å². The Hall–Kier alpha value is -2.77. The molecule has 2 aromatic rings. The fraction of sp³-hybridized carbons (Fsp3) is 0.450. The van der Waals surface area contributed by atoms with Crippen molar-refractivity contribution in [1.29, 1.82) is 0 Å². The van der Waals surface area contributed by atoms with Gasteiger partial charge >= 0.3 is 5.97 Å². The highest BCUT2D eigenvalue weighted by Crippen LogP contribution is 2.29. The number of nitrogens with zero attached hydrogens (tertiary/aromatic N) is 2. The Labute approximate surface area is 161 Å². The van der Waals surface area contributed by atoms with Gasteiger partial charge in [-0.3, -0.25) is 9.59 Å². The van der Waals surface area contributed by atoms with Crippen LogP contribution in [0.15, 0.2) is 18.2 Å². The zero-order chi connectivity index (χ0) is 20.4. The van der Waals surface area contributed by atoms with Crippen LogP contribution in [0.3, 0.4) is 0 Å². The minimum Gasteiger partial charge on any atom is -0.481 e. The number of fused-ring (bicyclic) bond motifs is 1. The van der Waals surface area contributed by atoms with Crippen LogP contribution in [0.2, 0.25) is 0 Å². The summed E-state index contributed by atoms with van der Waals surface area (Å²) in [5.41, 5.74) is 1.49. The number of carboxylic acid groups (broad SMARTS) is 1. The van der Waals surface area contributed by atoms with E-state index < -0.39 is 29.4 Å². The SMILES string of the molecule is CC(C)CC(CNC(=O)c1nn(-c2cccc(F)c2F)c2c1CCC2)C(=O)O. The van der Waals surface area contributed by atoms with Crippen molar-refractivity contribution in [3.63, 3.8) is 0 Å². The number of hydrogen-bond acceptors (Lipinski definition) is 3. The molecule has 3 rings (SSSR count). The van der Waals surface area contributed by atoms with E-state index in [2.05, 4.69) is 10.4 Å². The Morgan fingerprint density at radius 3 is 2.71 bits per heavy atom. The number of benzene rings is 1. The standard InChI is InChI=1S/C20H23F2N3O3/c1-11(2)9-12(20(27)28)10-23-19(26)18-13-5-3-7-15(13)25(24-18)16-8-4-6-14(21)17(16)22/h4,6,8,11-12H,3,5,7,9-10H2,1-2H3,(H,23,26)(H,27,28). The molecule has 0 aliphatic heterocycles. The summed E-state index contributed by atoms with van der Waals surface area (Å²) in [6.45, 7) is 3.82. The van der Waals surface area contributed by atoms with Crippen molar-refractivity contribution < 1.29 is 23.5 Å². The molecule has 28 heavy (non-hydrogen) atoms. The second-order valence-electron chi connectivity index (χ2n) is 7.49. The third kappa shape index (κ3) is 3.90. The van der Waals surface area contributed by atoms with Crippen LogP contribution in [0.25, 0.3) is 5.69 Å². The van der Waals surface area contributed by atoms with Gasteiger partial charge in [0, 0.05) is 17.8 Å². The number of carboxylic acids is 1. The van der Waals surface area contributed by atoms with Crippen molar-refractivity contribution in [1.82, 2.24) is 15.1 Å². The van der Waals surface area contributed by atoms with Crippen LogP contribution < -0.4 is 5.32 Å². The van der Waals surface area contributed by atoms with Crippen LogP contribution in [0.4, 0.5) is 8.78 Å². The van der Waals surface area contributed by atoms with Crippen LogP contribution in [0.1, 0.15) is 48.4 Å². The number of nitrogens with one attached hydrogen (secondary N) is 1. The van der Waals surface area contributed by atoms with Gasteiger partial charge in [0.25, 0.3) is 5.91 Å². The maximum atomic E-state index is 14.2. The molecule has 6 nitrogen and oxygen atoms in total. The van der Waals surface area contributed by atoms with Gasteiger partial charge in [-0.15, -0.1) is 0 Å². The highest BCUT2D eigenvalue weighted by molar-refractivity contribution is 5.94. The van der Waals surface area contributed by atoms with Gasteiger partial charge in [0.15, 0.2) is 17.3 Å². The van der Waals surface area contributed by atoms with Crippen molar-refractivity contribution >= 4 is 11.9 Å². The summed E-state index contributed by atoms with van der Waals surface area (Å²) in [6.07, 6.45) is 2.45. The summed E-state index contributed by atoms with van der Waals surface area (Å²) in [6, 6.07) is 3.83. The third-order valence-electron chi connectivity index (χ3n) is 4.92. The second kappa shape index (κ2) is 8.08. The van der Waals surface area contributed by atoms with E-state index in [1.165, 1.54) is 16.8 Å². The topological polar surface area (TPSA) is 84.2 Å². The largest absolute Gasteiger partial charge is 0.481 e. The average Bonchev–Trinajstić information content (AvgIpc) is 3.23. The van der Waals surface area contributed by atoms with E-state index in [-0.39, 0.29) is 23.8 Å². The number of hydrogen-bond donors (Lipinski definition) is 2. The number of aromatic nitrogens is 2. The zero-order valence-electron chi connectivity index (χ0n) is 15.8. The lowest BCUT2D eigenvalue weighted by Crippen LogP contribution is -2.34. The lowest BCUT2D eigenvalue weighted by atomic mass is 9.97. The summed E-state index contributed by atoms with van der Waals surface area (Å²) < 4.78 is 29.1. The lowest BCUT2D eigenvalue weighted by Gasteiger charge is -2.15. The minimum absolute atomic E-state index is 0.0116. The van der Waals surface area contributed by atoms with Gasteiger partial charge in [-0.1, -0.05) is 19.9 Å². The van der Waals surface area contributed by atoms with Crippen LogP contribution in [-0.4, -0.2) is 33.3 Å². The molecule has 1 aliphatic rings. The molecule has 0 fully saturated rings. The Bertz CT molecular complexity index is 908. The fourth-order valence-corrected chi connectivity index (χ4v) is 3.62. The molecule has 1 amide bonds. The van der Waals surface area contributed by atoms with Crippen molar-refractivity contribution in [2.75, 3.05) is 6.54 Å². The lowest BCUT2D eigenvalue weighted by molar-refractivity contribution is -0.142. The van der Waals surface area contributed by atoms with Crippen molar-refractivity contribution in [3.8, 4) is 5.69 Å². The first-order valence-corrected chi connectivity index (χ1v) is 9.35. The van der Waals surface area contributed by atoms with Gasteiger partial charge < -0.3 is 10.4 Å². The van der Waals surface area contributed by atoms with Crippen molar-refractivity contribution in [3.05, 3.63) is 46.8 Å². The number of carbonyl (C=O) groups excluding carboxylic acids is 1. The molecular weight excluding hydrogens is 368 g/mol. The normalized spacial score (nSPS) is 14.2. The molecule has 1 aromatic heterocycles. The van der Waals surface area contributed by atoms with E-state index in [4.69, 9.17) is 0 Å². The molecule has 150 valence electrons. The van der Waals surface area contributed by atoms with Crippen molar-refractivity contribution in [2.45, 2.75) is 39.5 Å². The summed E-state index contributed by atoms with van der Waals surface area (Å²) in [5.74, 6) is -3.98. The van der Waals surface area contributed by atoms with E-state index in [0.29, 0.717) is 30.5 Å². The second-order valence-corrected chi connectivity index (χ2v) is 7.49. The molecule has 1 aliphatic carbocycles. The van der Waals surface area contributed by atoms with E-state index in [9.17, 15) is 23.5 Å². The molecule has 1 heterocycles. The first-order chi connectivity index (χ1) is 13.3. The Kier molecular flexibility index (Phi) is 5.76. The minimum atomic E-state index is -1.02. The fourth-order valence-electron chi connectivity index (χ4n) is 3.62. The summed E-state index contributed by atoms with van der Waals surface area (Å²) in [7, 11) is 0. The molecular formula is C20H23F2N3O3. The predicted octanol–water partition coefficient (Wildman–Crippen LogP) is 3.12. The summed E-state index contributed by atoms with van der Waals surface area (Å²) in [5, 5.41) is 16.2. The number of aliphatic carboxylic acids is 1. The van der Waals surface area contributed by atoms with Crippen LogP contribution in [0.5, 0.6) is 0 Å². The molecule has 1 aromatic carbocycles. The van der Waals surface area contributed by atoms with Gasteiger partial charge in [-0.2, -0.15) is 5.10 Å². The smallest absolute Gasteiger partial charge is 0.308 e. The van der Waals surface area contributed by atoms with Gasteiger partial charge in [-0.05, 0) is 43.7 Å². The quantitative estimate of drug-likeness (QED) is 0.760. The van der Waals surface area contributed by atoms with Crippen LogP contribution >= 0.6 is 0 Å². The zero-order valence-corrected chi connectivity index (χ0v) is 15.8. The van der Waals surface area contributed by atoms with E-state index in [1.807, 2.05) is 13.8 Å². The van der Waals surface area contributed by atoms with Crippen LogP contribution in [0, 0.1) is 23.5 Å². The molecule has 0 spiro atoms. The van der Waals surface area contributed by atoms with Crippen molar-refractivity contribution in [2.24, 2.45) is 11.8 Å². The van der Waals surface area contributed by atoms with Gasteiger partial charge in [0.05, 0.1) is 5.92 Å². The summed E-state index contributed by atoms with van der Waals surface area (Å²) in [4.78, 5) is 24.0. The number of carbonyl (C=O) groups is 2. The molecule has 1 unspecified atom stereocenters. The highest BCUT2D eigenvalue weighted by atomic mass is 19.2. The summed E-state index contributed by atoms with van der Waals surface area (Å²) >= 11 is 0. The van der Waals surface area contributed by atoms with Crippen LogP contribution in [-0.2, 0) is 17.6 Å². The average molecular weight is 391 g/mol. The molecule has 0 radical (unpaired) electrons. The third-order valence-corrected chi connectivity index (χ3v) is 4.92. The number of rotatable bonds is 7. The maximum absolute atomic E-state index is 14.2. The molecule has 8 heteroatoms. The molecule has 0 bridgehead atoms. The van der Waals surface area contributed by atoms with E-state index in [1.54, 1.807) is 0 Å². The molecule has 1 atom stereocenters. The van der Waals surface area contributed by atoms with Gasteiger partial charge in [-0.25, -0.2) is 13.5 Å². The van der Waals surface area contributed by atoms with E-state index >= 15 is 0 Å². The molecule has 0 saturated carbocycles. The number of amides is 1. The molecule has 2 N–H and O–H groups in total. The van der Waals surface area contributed by atoms with Gasteiger partial charge in [0.1, 0.15) is 5.69 Å². The first-order valence-electron chi connectivity index (χ1n) is 9.35. The predicted molar refractivity (Wildman–Crippen MR) is 98.4 cm³/mol. The Balaban J connectivity index is 1.86. The Morgan fingerprint density at radius 2 is 2.04 bits per heavy atom. The molecule has 0 saturated heterocycles. The number of halogens is 2. The monoisotopic (exact) mass is 391 g/mol. The first kappa shape index (κ1) is 20.0. The Morgan fingerprint density at radius 1 is 1.29 bits per heavy atom.